The van der Waals surface area contributed by atoms with Crippen molar-refractivity contribution in [1.29, 1.82) is 0 Å². The largest absolute Gasteiger partial charge is 0.336 e. The molecule has 1 saturated heterocycles. The number of benzene rings is 1. The van der Waals surface area contributed by atoms with Crippen molar-refractivity contribution in [1.82, 2.24) is 19.4 Å². The summed E-state index contributed by atoms with van der Waals surface area (Å²) >= 11 is 6.04. The van der Waals surface area contributed by atoms with Gasteiger partial charge in [-0.2, -0.15) is 0 Å². The monoisotopic (exact) mass is 368 g/mol. The number of aromatic nitrogens is 3. The average Bonchev–Trinajstić information content (AvgIpc) is 3.25. The molecule has 1 aliphatic heterocycles. The van der Waals surface area contributed by atoms with Gasteiger partial charge in [-0.3, -0.25) is 4.79 Å². The number of carbonyl (C=O) groups excluding carboxylic acids is 1. The van der Waals surface area contributed by atoms with Crippen molar-refractivity contribution in [3.8, 4) is 0 Å². The van der Waals surface area contributed by atoms with E-state index in [0.717, 1.165) is 42.8 Å². The predicted octanol–water partition coefficient (Wildman–Crippen LogP) is 4.12. The summed E-state index contributed by atoms with van der Waals surface area (Å²) in [5, 5.41) is 0.585. The maximum absolute atomic E-state index is 12.8. The zero-order chi connectivity index (χ0) is 18.1. The zero-order valence-electron chi connectivity index (χ0n) is 14.7. The number of fused-ring (bicyclic) bond motifs is 1. The van der Waals surface area contributed by atoms with E-state index in [1.165, 1.54) is 0 Å². The maximum atomic E-state index is 12.8. The third-order valence-electron chi connectivity index (χ3n) is 4.88. The van der Waals surface area contributed by atoms with Crippen molar-refractivity contribution >= 4 is 28.7 Å². The fraction of sp³-hybridized carbons (Fsp3) is 0.350. The minimum atomic E-state index is 0.0319. The average molecular weight is 369 g/mol. The number of aryl methyl sites for hydroxylation is 1. The van der Waals surface area contributed by atoms with Crippen molar-refractivity contribution in [2.75, 3.05) is 13.1 Å². The molecule has 2 aromatic heterocycles. The molecule has 0 radical (unpaired) electrons. The fourth-order valence-electron chi connectivity index (χ4n) is 3.70. The first-order chi connectivity index (χ1) is 12.7. The fourth-order valence-corrected chi connectivity index (χ4v) is 3.89. The smallest absolute Gasteiger partial charge is 0.253 e. The van der Waals surface area contributed by atoms with Crippen LogP contribution in [0.15, 0.2) is 42.6 Å². The number of pyridine rings is 1. The number of hydrogen-bond acceptors (Lipinski definition) is 3. The first-order valence-electron chi connectivity index (χ1n) is 9.04. The molecule has 0 bridgehead atoms. The maximum Gasteiger partial charge on any atom is 0.253 e. The summed E-state index contributed by atoms with van der Waals surface area (Å²) in [4.78, 5) is 24.0. The molecule has 1 unspecified atom stereocenters. The highest BCUT2D eigenvalue weighted by molar-refractivity contribution is 6.30. The van der Waals surface area contributed by atoms with Crippen molar-refractivity contribution in [2.45, 2.75) is 32.2 Å². The van der Waals surface area contributed by atoms with Gasteiger partial charge in [0.05, 0.1) is 6.04 Å². The van der Waals surface area contributed by atoms with Crippen LogP contribution < -0.4 is 0 Å². The molecule has 0 saturated carbocycles. The van der Waals surface area contributed by atoms with Gasteiger partial charge >= 0.3 is 0 Å². The third kappa shape index (κ3) is 3.07. The number of amides is 1. The summed E-state index contributed by atoms with van der Waals surface area (Å²) in [5.41, 5.74) is 2.48. The van der Waals surface area contributed by atoms with Crippen LogP contribution in [0.4, 0.5) is 0 Å². The molecule has 5 nitrogen and oxygen atoms in total. The number of rotatable bonds is 4. The Bertz CT molecular complexity index is 952. The Morgan fingerprint density at radius 3 is 3.00 bits per heavy atom. The number of hydrogen-bond donors (Lipinski definition) is 0. The summed E-state index contributed by atoms with van der Waals surface area (Å²) in [6.45, 7) is 3.55. The highest BCUT2D eigenvalue weighted by Crippen LogP contribution is 2.29. The summed E-state index contributed by atoms with van der Waals surface area (Å²) in [5.74, 6) is 1.09. The van der Waals surface area contributed by atoms with Crippen LogP contribution in [0.25, 0.3) is 11.2 Å². The van der Waals surface area contributed by atoms with Gasteiger partial charge in [0.2, 0.25) is 0 Å². The van der Waals surface area contributed by atoms with Crippen LogP contribution >= 0.6 is 11.6 Å². The van der Waals surface area contributed by atoms with Crippen LogP contribution in [0.2, 0.25) is 5.02 Å². The van der Waals surface area contributed by atoms with Crippen molar-refractivity contribution < 1.29 is 4.79 Å². The standard InChI is InChI=1S/C20H21ClN4O/c1-2-5-18-23-17-8-4-10-22-19(17)25(18)16-9-11-24(13-16)20(26)14-6-3-7-15(21)12-14/h3-4,6-8,10,12,16H,2,5,9,11,13H2,1H3. The number of imidazole rings is 1. The van der Waals surface area contributed by atoms with Gasteiger partial charge in [0.25, 0.3) is 5.91 Å². The molecule has 4 rings (SSSR count). The number of halogens is 1. The van der Waals surface area contributed by atoms with Gasteiger partial charge in [0.1, 0.15) is 11.3 Å². The van der Waals surface area contributed by atoms with E-state index in [1.54, 1.807) is 18.3 Å². The summed E-state index contributed by atoms with van der Waals surface area (Å²) in [7, 11) is 0. The molecule has 1 amide bonds. The highest BCUT2D eigenvalue weighted by atomic mass is 35.5. The molecule has 1 atom stereocenters. The minimum Gasteiger partial charge on any atom is -0.336 e. The molecule has 0 spiro atoms. The SMILES string of the molecule is CCCc1nc2cccnc2n1C1CCN(C(=O)c2cccc(Cl)c2)C1. The van der Waals surface area contributed by atoms with Gasteiger partial charge < -0.3 is 9.47 Å². The first-order valence-corrected chi connectivity index (χ1v) is 9.42. The van der Waals surface area contributed by atoms with Crippen LogP contribution in [0.1, 0.15) is 42.0 Å². The Morgan fingerprint density at radius 2 is 2.19 bits per heavy atom. The Hall–Kier alpha value is -2.40. The number of nitrogens with zero attached hydrogens (tertiary/aromatic N) is 4. The summed E-state index contributed by atoms with van der Waals surface area (Å²) in [6.07, 6.45) is 4.65. The quantitative estimate of drug-likeness (QED) is 0.695. The predicted molar refractivity (Wildman–Crippen MR) is 103 cm³/mol. The lowest BCUT2D eigenvalue weighted by Gasteiger charge is -2.19. The van der Waals surface area contributed by atoms with E-state index in [0.29, 0.717) is 17.1 Å². The van der Waals surface area contributed by atoms with Crippen LogP contribution in [0, 0.1) is 0 Å². The zero-order valence-corrected chi connectivity index (χ0v) is 15.5. The molecular formula is C20H21ClN4O. The van der Waals surface area contributed by atoms with E-state index in [-0.39, 0.29) is 11.9 Å². The lowest BCUT2D eigenvalue weighted by molar-refractivity contribution is 0.0787. The molecule has 1 aromatic carbocycles. The number of carbonyl (C=O) groups is 1. The normalized spacial score (nSPS) is 17.2. The Labute approximate surface area is 157 Å². The molecule has 1 aliphatic rings. The van der Waals surface area contributed by atoms with Gasteiger partial charge in [-0.15, -0.1) is 0 Å². The van der Waals surface area contributed by atoms with Gasteiger partial charge in [0, 0.05) is 36.3 Å². The second-order valence-corrected chi connectivity index (χ2v) is 7.13. The van der Waals surface area contributed by atoms with Crippen molar-refractivity contribution in [3.63, 3.8) is 0 Å². The molecule has 0 N–H and O–H groups in total. The molecular weight excluding hydrogens is 348 g/mol. The second-order valence-electron chi connectivity index (χ2n) is 6.70. The van der Waals surface area contributed by atoms with Gasteiger partial charge in [0.15, 0.2) is 5.65 Å². The van der Waals surface area contributed by atoms with Crippen LogP contribution in [0.5, 0.6) is 0 Å². The van der Waals surface area contributed by atoms with Crippen LogP contribution in [-0.2, 0) is 6.42 Å². The summed E-state index contributed by atoms with van der Waals surface area (Å²) < 4.78 is 2.24. The highest BCUT2D eigenvalue weighted by Gasteiger charge is 2.30. The first kappa shape index (κ1) is 17.0. The van der Waals surface area contributed by atoms with E-state index in [2.05, 4.69) is 16.5 Å². The molecule has 0 aliphatic carbocycles. The molecule has 3 heterocycles. The van der Waals surface area contributed by atoms with Gasteiger partial charge in [-0.1, -0.05) is 24.6 Å². The van der Waals surface area contributed by atoms with E-state index in [9.17, 15) is 4.79 Å². The van der Waals surface area contributed by atoms with E-state index >= 15 is 0 Å². The van der Waals surface area contributed by atoms with Gasteiger partial charge in [-0.25, -0.2) is 9.97 Å². The molecule has 134 valence electrons. The lowest BCUT2D eigenvalue weighted by atomic mass is 10.2. The van der Waals surface area contributed by atoms with E-state index < -0.39 is 0 Å². The molecule has 1 fully saturated rings. The Morgan fingerprint density at radius 1 is 1.31 bits per heavy atom. The summed E-state index contributed by atoms with van der Waals surface area (Å²) in [6, 6.07) is 11.3. The van der Waals surface area contributed by atoms with Crippen molar-refractivity contribution in [3.05, 3.63) is 59.0 Å². The minimum absolute atomic E-state index is 0.0319. The molecule has 6 heteroatoms. The van der Waals surface area contributed by atoms with E-state index in [1.807, 2.05) is 29.2 Å². The molecule has 3 aromatic rings. The Kier molecular flexibility index (Phi) is 4.64. The topological polar surface area (TPSA) is 51.0 Å². The molecule has 26 heavy (non-hydrogen) atoms. The van der Waals surface area contributed by atoms with Crippen LogP contribution in [0.3, 0.4) is 0 Å². The number of likely N-dealkylation sites (tertiary alicyclic amines) is 1. The van der Waals surface area contributed by atoms with Gasteiger partial charge in [-0.05, 0) is 43.2 Å². The van der Waals surface area contributed by atoms with Crippen LogP contribution in [-0.4, -0.2) is 38.4 Å². The lowest BCUT2D eigenvalue weighted by Crippen LogP contribution is -2.29. The van der Waals surface area contributed by atoms with Crippen molar-refractivity contribution in [2.24, 2.45) is 0 Å². The second kappa shape index (κ2) is 7.08. The third-order valence-corrected chi connectivity index (χ3v) is 5.12. The van der Waals surface area contributed by atoms with E-state index in [4.69, 9.17) is 16.6 Å². The Balaban J connectivity index is 1.62.